The molecule has 0 amide bonds. The molecule has 0 spiro atoms. The predicted octanol–water partition coefficient (Wildman–Crippen LogP) is 0.445. The van der Waals surface area contributed by atoms with Gasteiger partial charge in [-0.05, 0) is 24.3 Å². The number of nitrogens with two attached hydrogens (primary N) is 1. The fourth-order valence-electron chi connectivity index (χ4n) is 1.57. The molecule has 0 saturated carbocycles. The van der Waals surface area contributed by atoms with Crippen molar-refractivity contribution >= 4 is 21.4 Å². The highest BCUT2D eigenvalue weighted by Gasteiger charge is 2.25. The Hall–Kier alpha value is -2.59. The van der Waals surface area contributed by atoms with E-state index in [0.717, 1.165) is 12.1 Å². The molecule has 1 heterocycles. The molecule has 0 fully saturated rings. The van der Waals surface area contributed by atoms with Gasteiger partial charge in [-0.3, -0.25) is 10.1 Å². The van der Waals surface area contributed by atoms with Crippen molar-refractivity contribution in [1.29, 1.82) is 0 Å². The number of nitro benzene ring substituents is 1. The van der Waals surface area contributed by atoms with Gasteiger partial charge in [0.25, 0.3) is 5.69 Å². The second-order valence-electron chi connectivity index (χ2n) is 4.02. The summed E-state index contributed by atoms with van der Waals surface area (Å²) in [5.41, 5.74) is 5.44. The van der Waals surface area contributed by atoms with Crippen LogP contribution in [0.1, 0.15) is 5.69 Å². The van der Waals surface area contributed by atoms with Gasteiger partial charge in [-0.2, -0.15) is 10.2 Å². The summed E-state index contributed by atoms with van der Waals surface area (Å²) in [6.45, 7) is -0.137. The second kappa shape index (κ2) is 5.81. The Kier molecular flexibility index (Phi) is 4.10. The zero-order valence-electron chi connectivity index (χ0n) is 10.6. The molecule has 21 heavy (non-hydrogen) atoms. The standard InChI is InChI=1S/C11H11N5O4S/c12-8-3-4-10(16(17)18)11(6-8)21(19,20)14-7-9-2-1-5-13-15-9/h1-6,14H,7,12H2. The van der Waals surface area contributed by atoms with E-state index >= 15 is 0 Å². The number of hydrogen-bond acceptors (Lipinski definition) is 7. The smallest absolute Gasteiger partial charge is 0.289 e. The van der Waals surface area contributed by atoms with Crippen molar-refractivity contribution in [2.24, 2.45) is 0 Å². The maximum Gasteiger partial charge on any atom is 0.289 e. The summed E-state index contributed by atoms with van der Waals surface area (Å²) in [4.78, 5) is 9.63. The second-order valence-corrected chi connectivity index (χ2v) is 5.76. The lowest BCUT2D eigenvalue weighted by molar-refractivity contribution is -0.387. The molecule has 0 radical (unpaired) electrons. The van der Waals surface area contributed by atoms with Gasteiger partial charge in [0.05, 0.1) is 17.2 Å². The first-order chi connectivity index (χ1) is 9.90. The van der Waals surface area contributed by atoms with E-state index in [2.05, 4.69) is 14.9 Å². The molecule has 0 unspecified atom stereocenters. The Labute approximate surface area is 120 Å². The summed E-state index contributed by atoms with van der Waals surface area (Å²) in [5.74, 6) is 0. The Bertz CT molecular complexity index is 763. The van der Waals surface area contributed by atoms with Gasteiger partial charge in [-0.15, -0.1) is 0 Å². The highest BCUT2D eigenvalue weighted by Crippen LogP contribution is 2.25. The lowest BCUT2D eigenvalue weighted by Gasteiger charge is -2.07. The van der Waals surface area contributed by atoms with Crippen molar-refractivity contribution in [3.05, 3.63) is 52.3 Å². The maximum absolute atomic E-state index is 12.2. The van der Waals surface area contributed by atoms with Crippen molar-refractivity contribution < 1.29 is 13.3 Å². The molecule has 110 valence electrons. The maximum atomic E-state index is 12.2. The molecule has 10 heteroatoms. The van der Waals surface area contributed by atoms with E-state index in [1.54, 1.807) is 12.1 Å². The van der Waals surface area contributed by atoms with Crippen molar-refractivity contribution in [2.45, 2.75) is 11.4 Å². The number of sulfonamides is 1. The van der Waals surface area contributed by atoms with Crippen LogP contribution in [0.15, 0.2) is 41.4 Å². The van der Waals surface area contributed by atoms with E-state index in [-0.39, 0.29) is 12.2 Å². The summed E-state index contributed by atoms with van der Waals surface area (Å²) in [6.07, 6.45) is 1.45. The molecule has 2 aromatic rings. The normalized spacial score (nSPS) is 11.2. The molecular formula is C11H11N5O4S. The fraction of sp³-hybridized carbons (Fsp3) is 0.0909. The molecule has 3 N–H and O–H groups in total. The molecule has 2 rings (SSSR count). The third kappa shape index (κ3) is 3.49. The van der Waals surface area contributed by atoms with Crippen LogP contribution in [0, 0.1) is 10.1 Å². The molecule has 0 aliphatic rings. The van der Waals surface area contributed by atoms with E-state index in [0.29, 0.717) is 5.69 Å². The Morgan fingerprint density at radius 3 is 2.71 bits per heavy atom. The minimum atomic E-state index is -4.10. The van der Waals surface area contributed by atoms with E-state index in [1.165, 1.54) is 12.3 Å². The van der Waals surface area contributed by atoms with Gasteiger partial charge in [0.2, 0.25) is 10.0 Å². The van der Waals surface area contributed by atoms with E-state index < -0.39 is 25.5 Å². The summed E-state index contributed by atoms with van der Waals surface area (Å²) in [7, 11) is -4.10. The number of hydrogen-bond donors (Lipinski definition) is 2. The van der Waals surface area contributed by atoms with Crippen LogP contribution in [0.25, 0.3) is 0 Å². The minimum Gasteiger partial charge on any atom is -0.399 e. The number of nitro groups is 1. The first kappa shape index (κ1) is 14.8. The van der Waals surface area contributed by atoms with E-state index in [9.17, 15) is 18.5 Å². The molecule has 0 aliphatic carbocycles. The van der Waals surface area contributed by atoms with Crippen LogP contribution >= 0.6 is 0 Å². The van der Waals surface area contributed by atoms with Crippen molar-refractivity contribution in [1.82, 2.24) is 14.9 Å². The van der Waals surface area contributed by atoms with Crippen LogP contribution in [-0.4, -0.2) is 23.5 Å². The van der Waals surface area contributed by atoms with Crippen LogP contribution in [0.2, 0.25) is 0 Å². The van der Waals surface area contributed by atoms with E-state index in [4.69, 9.17) is 5.73 Å². The molecule has 1 aromatic heterocycles. The molecule has 0 aliphatic heterocycles. The molecular weight excluding hydrogens is 298 g/mol. The van der Waals surface area contributed by atoms with Crippen LogP contribution in [-0.2, 0) is 16.6 Å². The summed E-state index contributed by atoms with van der Waals surface area (Å²) < 4.78 is 26.6. The first-order valence-corrected chi connectivity index (χ1v) is 7.18. The quantitative estimate of drug-likeness (QED) is 0.464. The Morgan fingerprint density at radius 2 is 2.10 bits per heavy atom. The third-order valence-electron chi connectivity index (χ3n) is 2.54. The number of nitrogens with one attached hydrogen (secondary N) is 1. The van der Waals surface area contributed by atoms with Crippen molar-refractivity contribution in [2.75, 3.05) is 5.73 Å². The van der Waals surface area contributed by atoms with Gasteiger partial charge in [0.1, 0.15) is 0 Å². The van der Waals surface area contributed by atoms with Crippen LogP contribution in [0.5, 0.6) is 0 Å². The lowest BCUT2D eigenvalue weighted by atomic mass is 10.3. The monoisotopic (exact) mass is 309 g/mol. The van der Waals surface area contributed by atoms with Gasteiger partial charge < -0.3 is 5.73 Å². The number of nitrogens with zero attached hydrogens (tertiary/aromatic N) is 3. The van der Waals surface area contributed by atoms with Gasteiger partial charge in [-0.25, -0.2) is 13.1 Å². The Balaban J connectivity index is 2.31. The number of nitrogen functional groups attached to an aromatic ring is 1. The van der Waals surface area contributed by atoms with Crippen LogP contribution < -0.4 is 10.5 Å². The highest BCUT2D eigenvalue weighted by molar-refractivity contribution is 7.89. The number of benzene rings is 1. The third-order valence-corrected chi connectivity index (χ3v) is 3.97. The van der Waals surface area contributed by atoms with Crippen LogP contribution in [0.4, 0.5) is 11.4 Å². The predicted molar refractivity (Wildman–Crippen MR) is 73.6 cm³/mol. The average Bonchev–Trinajstić information content (AvgIpc) is 2.46. The van der Waals surface area contributed by atoms with Gasteiger partial charge in [0, 0.05) is 18.0 Å². The zero-order valence-corrected chi connectivity index (χ0v) is 11.4. The summed E-state index contributed by atoms with van der Waals surface area (Å²) >= 11 is 0. The summed E-state index contributed by atoms with van der Waals surface area (Å²) in [5, 5.41) is 18.2. The lowest BCUT2D eigenvalue weighted by Crippen LogP contribution is -2.24. The van der Waals surface area contributed by atoms with Gasteiger partial charge in [-0.1, -0.05) is 0 Å². The topological polar surface area (TPSA) is 141 Å². The molecule has 0 bridgehead atoms. The average molecular weight is 309 g/mol. The molecule has 1 aromatic carbocycles. The SMILES string of the molecule is Nc1ccc([N+](=O)[O-])c(S(=O)(=O)NCc2cccnn2)c1. The highest BCUT2D eigenvalue weighted by atomic mass is 32.2. The fourth-order valence-corrected chi connectivity index (χ4v) is 2.77. The van der Waals surface area contributed by atoms with Gasteiger partial charge >= 0.3 is 0 Å². The Morgan fingerprint density at radius 1 is 1.33 bits per heavy atom. The van der Waals surface area contributed by atoms with Crippen LogP contribution in [0.3, 0.4) is 0 Å². The minimum absolute atomic E-state index is 0.112. The van der Waals surface area contributed by atoms with Crippen molar-refractivity contribution in [3.8, 4) is 0 Å². The number of rotatable bonds is 5. The number of anilines is 1. The largest absolute Gasteiger partial charge is 0.399 e. The van der Waals surface area contributed by atoms with E-state index in [1.807, 2.05) is 0 Å². The zero-order chi connectivity index (χ0) is 15.5. The molecule has 0 atom stereocenters. The first-order valence-electron chi connectivity index (χ1n) is 5.70. The summed E-state index contributed by atoms with van der Waals surface area (Å²) in [6, 6.07) is 6.52. The molecule has 9 nitrogen and oxygen atoms in total. The van der Waals surface area contributed by atoms with Gasteiger partial charge in [0.15, 0.2) is 4.90 Å². The number of aromatic nitrogens is 2. The molecule has 0 saturated heterocycles. The van der Waals surface area contributed by atoms with Crippen molar-refractivity contribution in [3.63, 3.8) is 0 Å².